The molecule has 2 aromatic carbocycles. The van der Waals surface area contributed by atoms with Crippen LogP contribution in [0, 0.1) is 5.92 Å². The summed E-state index contributed by atoms with van der Waals surface area (Å²) in [5, 5.41) is 15.1. The Hall–Kier alpha value is -4.20. The summed E-state index contributed by atoms with van der Waals surface area (Å²) in [7, 11) is 0. The van der Waals surface area contributed by atoms with Crippen LogP contribution in [0.4, 0.5) is 5.69 Å². The Kier molecular flexibility index (Phi) is 7.24. The standard InChI is InChI=1S/C32H33N3O5/c36-29(23-9-11-24(12-10-23)31(38)34-18-5-2-6-19-34)27-28(22-7-3-1-4-8-22)35(32(39)30(27)37)25-15-13-21(14-16-25)26-17-20-40-33-26/h9-17,20,22,28,37H,1-8,18-19H2. The molecule has 6 rings (SSSR count). The number of hydrogen-bond acceptors (Lipinski definition) is 6. The lowest BCUT2D eigenvalue weighted by atomic mass is 9.79. The highest BCUT2D eigenvalue weighted by molar-refractivity contribution is 6.21. The Bertz CT molecular complexity index is 1410. The summed E-state index contributed by atoms with van der Waals surface area (Å²) in [5.41, 5.74) is 3.18. The summed E-state index contributed by atoms with van der Waals surface area (Å²) < 4.78 is 4.95. The number of hydrogen-bond donors (Lipinski definition) is 1. The average molecular weight is 540 g/mol. The van der Waals surface area contributed by atoms with Crippen LogP contribution in [0.15, 0.2) is 76.7 Å². The van der Waals surface area contributed by atoms with Crippen LogP contribution < -0.4 is 4.90 Å². The number of aromatic nitrogens is 1. The van der Waals surface area contributed by atoms with Crippen molar-refractivity contribution < 1.29 is 24.0 Å². The molecule has 1 saturated carbocycles. The molecule has 2 aliphatic heterocycles. The number of benzene rings is 2. The highest BCUT2D eigenvalue weighted by Gasteiger charge is 2.47. The second kappa shape index (κ2) is 11.1. The SMILES string of the molecule is O=C(C1=C(O)C(=O)N(c2ccc(-c3ccon3)cc2)C1C1CCCCC1)c1ccc(C(=O)N2CCCCC2)cc1. The summed E-state index contributed by atoms with van der Waals surface area (Å²) in [6.45, 7) is 1.50. The zero-order valence-electron chi connectivity index (χ0n) is 22.4. The number of aliphatic hydroxyl groups is 1. The van der Waals surface area contributed by atoms with Crippen molar-refractivity contribution in [2.24, 2.45) is 5.92 Å². The summed E-state index contributed by atoms with van der Waals surface area (Å²) >= 11 is 0. The normalized spacial score (nSPS) is 20.3. The van der Waals surface area contributed by atoms with Gasteiger partial charge in [-0.3, -0.25) is 19.3 Å². The third-order valence-electron chi connectivity index (χ3n) is 8.51. The number of rotatable bonds is 6. The predicted octanol–water partition coefficient (Wildman–Crippen LogP) is 5.96. The van der Waals surface area contributed by atoms with E-state index < -0.39 is 17.7 Å². The number of likely N-dealkylation sites (tertiary alicyclic amines) is 1. The molecular formula is C32H33N3O5. The van der Waals surface area contributed by atoms with E-state index in [2.05, 4.69) is 5.16 Å². The third-order valence-corrected chi connectivity index (χ3v) is 8.51. The van der Waals surface area contributed by atoms with Gasteiger partial charge in [-0.1, -0.05) is 48.7 Å². The van der Waals surface area contributed by atoms with Crippen LogP contribution in [0.2, 0.25) is 0 Å². The number of anilines is 1. The van der Waals surface area contributed by atoms with Crippen molar-refractivity contribution in [2.75, 3.05) is 18.0 Å². The van der Waals surface area contributed by atoms with Crippen LogP contribution in [-0.4, -0.2) is 51.9 Å². The van der Waals surface area contributed by atoms with Crippen molar-refractivity contribution in [3.05, 3.63) is 83.3 Å². The van der Waals surface area contributed by atoms with E-state index in [1.807, 2.05) is 29.2 Å². The van der Waals surface area contributed by atoms with Gasteiger partial charge >= 0.3 is 0 Å². The lowest BCUT2D eigenvalue weighted by molar-refractivity contribution is -0.117. The van der Waals surface area contributed by atoms with E-state index in [1.54, 1.807) is 35.2 Å². The van der Waals surface area contributed by atoms with Crippen molar-refractivity contribution >= 4 is 23.3 Å². The Labute approximate surface area is 233 Å². The largest absolute Gasteiger partial charge is 0.503 e. The minimum Gasteiger partial charge on any atom is -0.503 e. The van der Waals surface area contributed by atoms with Crippen molar-refractivity contribution in [2.45, 2.75) is 57.4 Å². The molecule has 206 valence electrons. The van der Waals surface area contributed by atoms with E-state index in [0.717, 1.165) is 70.0 Å². The van der Waals surface area contributed by atoms with Crippen molar-refractivity contribution in [3.63, 3.8) is 0 Å². The number of amides is 2. The average Bonchev–Trinajstić information content (AvgIpc) is 3.64. The smallest absolute Gasteiger partial charge is 0.294 e. The minimum atomic E-state index is -0.565. The first-order valence-electron chi connectivity index (χ1n) is 14.2. The van der Waals surface area contributed by atoms with Gasteiger partial charge in [-0.2, -0.15) is 0 Å². The summed E-state index contributed by atoms with van der Waals surface area (Å²) in [6, 6.07) is 15.2. The molecular weight excluding hydrogens is 506 g/mol. The number of carbonyl (C=O) groups excluding carboxylic acids is 3. The lowest BCUT2D eigenvalue weighted by Gasteiger charge is -2.35. The first-order valence-corrected chi connectivity index (χ1v) is 14.2. The number of ketones is 1. The molecule has 3 aromatic rings. The van der Waals surface area contributed by atoms with E-state index in [-0.39, 0.29) is 23.2 Å². The molecule has 8 heteroatoms. The highest BCUT2D eigenvalue weighted by atomic mass is 16.5. The van der Waals surface area contributed by atoms with Gasteiger partial charge in [0.2, 0.25) is 0 Å². The van der Waals surface area contributed by atoms with Crippen LogP contribution in [0.5, 0.6) is 0 Å². The quantitative estimate of drug-likeness (QED) is 0.388. The fourth-order valence-corrected chi connectivity index (χ4v) is 6.39. The highest BCUT2D eigenvalue weighted by Crippen LogP contribution is 2.41. The van der Waals surface area contributed by atoms with E-state index in [9.17, 15) is 19.5 Å². The van der Waals surface area contributed by atoms with Crippen LogP contribution >= 0.6 is 0 Å². The second-order valence-electron chi connectivity index (χ2n) is 11.0. The zero-order valence-corrected chi connectivity index (χ0v) is 22.4. The molecule has 40 heavy (non-hydrogen) atoms. The number of nitrogens with zero attached hydrogens (tertiary/aromatic N) is 3. The number of Topliss-reactive ketones (excluding diaryl/α,β-unsaturated/α-hetero) is 1. The van der Waals surface area contributed by atoms with Gasteiger partial charge in [-0.25, -0.2) is 0 Å². The Morgan fingerprint density at radius 1 is 0.825 bits per heavy atom. The topological polar surface area (TPSA) is 104 Å². The van der Waals surface area contributed by atoms with Crippen LogP contribution in [0.3, 0.4) is 0 Å². The first-order chi connectivity index (χ1) is 19.5. The number of piperidine rings is 1. The van der Waals surface area contributed by atoms with Gasteiger partial charge in [-0.15, -0.1) is 0 Å². The fourth-order valence-electron chi connectivity index (χ4n) is 6.39. The van der Waals surface area contributed by atoms with Gasteiger partial charge in [0, 0.05) is 41.5 Å². The molecule has 2 amide bonds. The molecule has 8 nitrogen and oxygen atoms in total. The van der Waals surface area contributed by atoms with Crippen LogP contribution in [-0.2, 0) is 4.79 Å². The lowest BCUT2D eigenvalue weighted by Crippen LogP contribution is -2.42. The van der Waals surface area contributed by atoms with Gasteiger partial charge in [0.15, 0.2) is 11.5 Å². The summed E-state index contributed by atoms with van der Waals surface area (Å²) in [6.07, 6.45) is 9.56. The van der Waals surface area contributed by atoms with Crippen LogP contribution in [0.25, 0.3) is 11.3 Å². The summed E-state index contributed by atoms with van der Waals surface area (Å²) in [4.78, 5) is 43.8. The monoisotopic (exact) mass is 539 g/mol. The Balaban J connectivity index is 1.30. The molecule has 3 aliphatic rings. The predicted molar refractivity (Wildman–Crippen MR) is 150 cm³/mol. The molecule has 0 spiro atoms. The number of carbonyl (C=O) groups is 3. The molecule has 0 radical (unpaired) electrons. The molecule has 1 atom stereocenters. The van der Waals surface area contributed by atoms with E-state index in [4.69, 9.17) is 4.52 Å². The van der Waals surface area contributed by atoms with E-state index >= 15 is 0 Å². The minimum absolute atomic E-state index is 0.0304. The van der Waals surface area contributed by atoms with E-state index in [1.165, 1.54) is 6.26 Å². The Morgan fingerprint density at radius 2 is 1.48 bits per heavy atom. The molecule has 3 heterocycles. The molecule has 1 aliphatic carbocycles. The maximum atomic E-state index is 13.9. The molecule has 1 saturated heterocycles. The molecule has 0 bridgehead atoms. The van der Waals surface area contributed by atoms with Crippen molar-refractivity contribution in [3.8, 4) is 11.3 Å². The molecule has 1 unspecified atom stereocenters. The third kappa shape index (κ3) is 4.83. The van der Waals surface area contributed by atoms with Crippen molar-refractivity contribution in [1.29, 1.82) is 0 Å². The molecule has 1 N–H and O–H groups in total. The molecule has 1 aromatic heterocycles. The maximum absolute atomic E-state index is 13.9. The van der Waals surface area contributed by atoms with E-state index in [0.29, 0.717) is 22.5 Å². The zero-order chi connectivity index (χ0) is 27.6. The van der Waals surface area contributed by atoms with Crippen molar-refractivity contribution in [1.82, 2.24) is 10.1 Å². The fraction of sp³-hybridized carbons (Fsp3) is 0.375. The van der Waals surface area contributed by atoms with Gasteiger partial charge in [0.05, 0.1) is 11.6 Å². The number of aliphatic hydroxyl groups excluding tert-OH is 1. The van der Waals surface area contributed by atoms with Crippen LogP contribution in [0.1, 0.15) is 72.1 Å². The second-order valence-corrected chi connectivity index (χ2v) is 11.0. The van der Waals surface area contributed by atoms with Gasteiger partial charge < -0.3 is 14.5 Å². The molecule has 2 fully saturated rings. The summed E-state index contributed by atoms with van der Waals surface area (Å²) in [5.74, 6) is -1.41. The van der Waals surface area contributed by atoms with Gasteiger partial charge in [0.1, 0.15) is 12.0 Å². The Morgan fingerprint density at radius 3 is 2.12 bits per heavy atom. The first kappa shape index (κ1) is 26.0. The van der Waals surface area contributed by atoms with Gasteiger partial charge in [0.25, 0.3) is 11.8 Å². The maximum Gasteiger partial charge on any atom is 0.294 e. The van der Waals surface area contributed by atoms with Gasteiger partial charge in [-0.05, 0) is 62.3 Å².